The lowest BCUT2D eigenvalue weighted by atomic mass is 10.0. The number of carbonyl (C=O) groups is 2. The standard InChI is InChI=1S/C35H38BrN3O5S/c1-4-26(2)37-35(41)33(23-27-11-7-5-8-12-27)38(24-28-15-17-29(36)18-16-28)34(40)25-39(30-13-9-6-10-14-30)45(42,43)32-21-19-31(44-3)20-22-32/h5-22,26,33H,4,23-25H2,1-3H3,(H,37,41)/t26-,33+/m0/s1. The number of carbonyl (C=O) groups excluding carboxylic acids is 2. The summed E-state index contributed by atoms with van der Waals surface area (Å²) in [5, 5.41) is 3.05. The Morgan fingerprint density at radius 2 is 1.44 bits per heavy atom. The molecule has 0 spiro atoms. The number of amides is 2. The molecule has 1 N–H and O–H groups in total. The second-order valence-corrected chi connectivity index (χ2v) is 13.5. The normalized spacial score (nSPS) is 12.5. The molecule has 4 aromatic rings. The highest BCUT2D eigenvalue weighted by Crippen LogP contribution is 2.26. The van der Waals surface area contributed by atoms with E-state index < -0.39 is 28.5 Å². The number of anilines is 1. The van der Waals surface area contributed by atoms with E-state index in [0.29, 0.717) is 17.9 Å². The first-order valence-corrected chi connectivity index (χ1v) is 17.0. The van der Waals surface area contributed by atoms with Crippen LogP contribution in [0.3, 0.4) is 0 Å². The van der Waals surface area contributed by atoms with E-state index in [0.717, 1.165) is 19.9 Å². The molecule has 0 aromatic heterocycles. The summed E-state index contributed by atoms with van der Waals surface area (Å²) in [5.74, 6) is -0.310. The predicted octanol–water partition coefficient (Wildman–Crippen LogP) is 6.21. The zero-order chi connectivity index (χ0) is 32.4. The summed E-state index contributed by atoms with van der Waals surface area (Å²) < 4.78 is 35.4. The molecule has 0 bridgehead atoms. The van der Waals surface area contributed by atoms with Crippen LogP contribution in [-0.4, -0.2) is 50.9 Å². The molecule has 0 radical (unpaired) electrons. The number of hydrogen-bond donors (Lipinski definition) is 1. The van der Waals surface area contributed by atoms with E-state index in [4.69, 9.17) is 4.74 Å². The molecule has 0 aliphatic carbocycles. The van der Waals surface area contributed by atoms with Crippen LogP contribution >= 0.6 is 15.9 Å². The molecule has 45 heavy (non-hydrogen) atoms. The van der Waals surface area contributed by atoms with Crippen molar-refractivity contribution in [1.82, 2.24) is 10.2 Å². The maximum Gasteiger partial charge on any atom is 0.264 e. The van der Waals surface area contributed by atoms with Crippen LogP contribution in [-0.2, 0) is 32.6 Å². The Morgan fingerprint density at radius 3 is 2.02 bits per heavy atom. The number of rotatable bonds is 14. The molecule has 4 rings (SSSR count). The van der Waals surface area contributed by atoms with Gasteiger partial charge in [0.15, 0.2) is 0 Å². The van der Waals surface area contributed by atoms with E-state index in [-0.39, 0.29) is 29.8 Å². The molecule has 236 valence electrons. The molecule has 0 saturated heterocycles. The van der Waals surface area contributed by atoms with E-state index in [1.807, 2.05) is 68.4 Å². The third-order valence-electron chi connectivity index (χ3n) is 7.51. The first-order chi connectivity index (χ1) is 21.6. The molecule has 10 heteroatoms. The Labute approximate surface area is 274 Å². The lowest BCUT2D eigenvalue weighted by Gasteiger charge is -2.34. The smallest absolute Gasteiger partial charge is 0.264 e. The summed E-state index contributed by atoms with van der Waals surface area (Å²) in [4.78, 5) is 29.9. The molecule has 0 aliphatic heterocycles. The average molecular weight is 693 g/mol. The number of methoxy groups -OCH3 is 1. The van der Waals surface area contributed by atoms with E-state index in [1.54, 1.807) is 42.5 Å². The number of para-hydroxylation sites is 1. The molecule has 8 nitrogen and oxygen atoms in total. The Hall–Kier alpha value is -4.15. The van der Waals surface area contributed by atoms with Crippen LogP contribution in [0, 0.1) is 0 Å². The first kappa shape index (κ1) is 33.7. The molecular weight excluding hydrogens is 654 g/mol. The van der Waals surface area contributed by atoms with Crippen LogP contribution in [0.1, 0.15) is 31.4 Å². The Morgan fingerprint density at radius 1 is 0.844 bits per heavy atom. The van der Waals surface area contributed by atoms with Gasteiger partial charge in [-0.15, -0.1) is 0 Å². The lowest BCUT2D eigenvalue weighted by Crippen LogP contribution is -2.54. The van der Waals surface area contributed by atoms with Crippen molar-refractivity contribution in [3.8, 4) is 5.75 Å². The molecule has 0 fully saturated rings. The maximum absolute atomic E-state index is 14.5. The fourth-order valence-corrected chi connectivity index (χ4v) is 6.46. The van der Waals surface area contributed by atoms with Crippen molar-refractivity contribution < 1.29 is 22.7 Å². The van der Waals surface area contributed by atoms with Gasteiger partial charge in [-0.3, -0.25) is 13.9 Å². The number of sulfonamides is 1. The van der Waals surface area contributed by atoms with Crippen molar-refractivity contribution in [2.24, 2.45) is 0 Å². The van der Waals surface area contributed by atoms with Gasteiger partial charge >= 0.3 is 0 Å². The van der Waals surface area contributed by atoms with Gasteiger partial charge in [-0.05, 0) is 73.0 Å². The Kier molecular flexibility index (Phi) is 11.8. The molecule has 0 heterocycles. The number of nitrogens with zero attached hydrogens (tertiary/aromatic N) is 2. The van der Waals surface area contributed by atoms with Gasteiger partial charge in [0.05, 0.1) is 17.7 Å². The molecule has 0 aliphatic rings. The van der Waals surface area contributed by atoms with Crippen LogP contribution in [0.4, 0.5) is 5.69 Å². The molecule has 0 unspecified atom stereocenters. The summed E-state index contributed by atoms with van der Waals surface area (Å²) in [6, 6.07) is 30.5. The zero-order valence-corrected chi connectivity index (χ0v) is 28.0. The van der Waals surface area contributed by atoms with Crippen molar-refractivity contribution in [3.05, 3.63) is 125 Å². The summed E-state index contributed by atoms with van der Waals surface area (Å²) in [7, 11) is -2.69. The van der Waals surface area contributed by atoms with Crippen LogP contribution in [0.25, 0.3) is 0 Å². The minimum atomic E-state index is -4.19. The highest BCUT2D eigenvalue weighted by Gasteiger charge is 2.35. The van der Waals surface area contributed by atoms with Crippen LogP contribution in [0.5, 0.6) is 5.75 Å². The number of benzene rings is 4. The van der Waals surface area contributed by atoms with Crippen LogP contribution < -0.4 is 14.4 Å². The van der Waals surface area contributed by atoms with E-state index in [1.165, 1.54) is 24.1 Å². The van der Waals surface area contributed by atoms with E-state index in [2.05, 4.69) is 21.2 Å². The highest BCUT2D eigenvalue weighted by molar-refractivity contribution is 9.10. The van der Waals surface area contributed by atoms with Crippen LogP contribution in [0.15, 0.2) is 119 Å². The van der Waals surface area contributed by atoms with Gasteiger partial charge in [0.1, 0.15) is 18.3 Å². The fraction of sp³-hybridized carbons (Fsp3) is 0.257. The number of nitrogens with one attached hydrogen (secondary N) is 1. The third kappa shape index (κ3) is 8.95. The summed E-state index contributed by atoms with van der Waals surface area (Å²) in [6.45, 7) is 3.47. The van der Waals surface area contributed by atoms with E-state index >= 15 is 0 Å². The second-order valence-electron chi connectivity index (χ2n) is 10.7. The minimum Gasteiger partial charge on any atom is -0.497 e. The van der Waals surface area contributed by atoms with Crippen LogP contribution in [0.2, 0.25) is 0 Å². The zero-order valence-electron chi connectivity index (χ0n) is 25.6. The average Bonchev–Trinajstić information content (AvgIpc) is 3.06. The first-order valence-electron chi connectivity index (χ1n) is 14.7. The monoisotopic (exact) mass is 691 g/mol. The Bertz CT molecular complexity index is 1650. The topological polar surface area (TPSA) is 96.0 Å². The number of hydrogen-bond acceptors (Lipinski definition) is 5. The van der Waals surface area contributed by atoms with Gasteiger partial charge in [0.25, 0.3) is 10.0 Å². The second kappa shape index (κ2) is 15.7. The van der Waals surface area contributed by atoms with Gasteiger partial charge in [0, 0.05) is 23.5 Å². The quantitative estimate of drug-likeness (QED) is 0.170. The molecule has 2 amide bonds. The van der Waals surface area contributed by atoms with Crippen molar-refractivity contribution in [3.63, 3.8) is 0 Å². The lowest BCUT2D eigenvalue weighted by molar-refractivity contribution is -0.140. The van der Waals surface area contributed by atoms with Crippen molar-refractivity contribution in [2.75, 3.05) is 18.0 Å². The van der Waals surface area contributed by atoms with E-state index in [9.17, 15) is 18.0 Å². The van der Waals surface area contributed by atoms with Gasteiger partial charge in [-0.2, -0.15) is 0 Å². The van der Waals surface area contributed by atoms with Crippen molar-refractivity contribution >= 4 is 43.5 Å². The van der Waals surface area contributed by atoms with Gasteiger partial charge in [-0.25, -0.2) is 8.42 Å². The summed E-state index contributed by atoms with van der Waals surface area (Å²) >= 11 is 3.46. The number of halogens is 1. The minimum absolute atomic E-state index is 0.00904. The van der Waals surface area contributed by atoms with Gasteiger partial charge < -0.3 is 15.0 Å². The molecule has 4 aromatic carbocycles. The van der Waals surface area contributed by atoms with Gasteiger partial charge in [0.2, 0.25) is 11.8 Å². The van der Waals surface area contributed by atoms with Crippen molar-refractivity contribution in [2.45, 2.75) is 50.2 Å². The maximum atomic E-state index is 14.5. The molecular formula is C35H38BrN3O5S. The molecule has 0 saturated carbocycles. The van der Waals surface area contributed by atoms with Gasteiger partial charge in [-0.1, -0.05) is 83.5 Å². The molecule has 2 atom stereocenters. The highest BCUT2D eigenvalue weighted by atomic mass is 79.9. The largest absolute Gasteiger partial charge is 0.497 e. The third-order valence-corrected chi connectivity index (χ3v) is 9.83. The summed E-state index contributed by atoms with van der Waals surface area (Å²) in [5.41, 5.74) is 2.00. The predicted molar refractivity (Wildman–Crippen MR) is 180 cm³/mol. The Balaban J connectivity index is 1.78. The number of ether oxygens (including phenoxy) is 1. The van der Waals surface area contributed by atoms with Crippen molar-refractivity contribution in [1.29, 1.82) is 0 Å². The fourth-order valence-electron chi connectivity index (χ4n) is 4.78. The summed E-state index contributed by atoms with van der Waals surface area (Å²) in [6.07, 6.45) is 0.967. The SMILES string of the molecule is CC[C@H](C)NC(=O)[C@@H](Cc1ccccc1)N(Cc1ccc(Br)cc1)C(=O)CN(c1ccccc1)S(=O)(=O)c1ccc(OC)cc1.